The standard InChI is InChI=1S/C23H25N3O/c1-14-3-5-19-17(9-14)22-20-6-4-16(25(20)2)10-21(22)26(19)13-23(27)11-15-12-24-8-7-18(15)23/h3,5,7-9,12,16,20,27H,4,6,10-11,13H2,1-2H3. The van der Waals surface area contributed by atoms with E-state index in [9.17, 15) is 5.11 Å². The van der Waals surface area contributed by atoms with Crippen molar-refractivity contribution in [1.29, 1.82) is 0 Å². The number of likely N-dealkylation sites (N-methyl/N-ethyl adjacent to an activating group) is 1. The largest absolute Gasteiger partial charge is 0.383 e. The number of fused-ring (bicyclic) bond motifs is 7. The molecule has 4 heterocycles. The van der Waals surface area contributed by atoms with Gasteiger partial charge in [-0.25, -0.2) is 0 Å². The van der Waals surface area contributed by atoms with Gasteiger partial charge in [0.15, 0.2) is 0 Å². The van der Waals surface area contributed by atoms with Crippen LogP contribution in [0.15, 0.2) is 36.7 Å². The number of hydrogen-bond donors (Lipinski definition) is 1. The number of aliphatic hydroxyl groups is 1. The molecule has 2 aromatic heterocycles. The topological polar surface area (TPSA) is 41.3 Å². The molecule has 0 radical (unpaired) electrons. The molecule has 0 amide bonds. The average molecular weight is 359 g/mol. The van der Waals surface area contributed by atoms with E-state index in [1.807, 2.05) is 12.3 Å². The normalized spacial score (nSPS) is 28.9. The summed E-state index contributed by atoms with van der Waals surface area (Å²) in [5, 5.41) is 12.8. The first kappa shape index (κ1) is 15.8. The van der Waals surface area contributed by atoms with E-state index in [0.717, 1.165) is 12.0 Å². The third-order valence-corrected chi connectivity index (χ3v) is 7.28. The van der Waals surface area contributed by atoms with Crippen molar-refractivity contribution >= 4 is 10.9 Å². The molecule has 1 saturated heterocycles. The van der Waals surface area contributed by atoms with E-state index in [-0.39, 0.29) is 0 Å². The van der Waals surface area contributed by atoms with Crippen molar-refractivity contribution in [2.75, 3.05) is 7.05 Å². The zero-order chi connectivity index (χ0) is 18.3. The van der Waals surface area contributed by atoms with Gasteiger partial charge in [-0.3, -0.25) is 9.88 Å². The molecule has 2 bridgehead atoms. The van der Waals surface area contributed by atoms with Crippen LogP contribution in [0.1, 0.15) is 46.8 Å². The van der Waals surface area contributed by atoms with Gasteiger partial charge in [0.2, 0.25) is 0 Å². The van der Waals surface area contributed by atoms with Gasteiger partial charge in [0, 0.05) is 53.9 Å². The summed E-state index contributed by atoms with van der Waals surface area (Å²) >= 11 is 0. The van der Waals surface area contributed by atoms with Crippen LogP contribution in [-0.2, 0) is 25.0 Å². The highest BCUT2D eigenvalue weighted by Crippen LogP contribution is 2.48. The van der Waals surface area contributed by atoms with Gasteiger partial charge in [-0.05, 0) is 61.7 Å². The molecule has 2 aliphatic heterocycles. The fraction of sp³-hybridized carbons (Fsp3) is 0.435. The second-order valence-electron chi connectivity index (χ2n) is 8.82. The summed E-state index contributed by atoms with van der Waals surface area (Å²) in [4.78, 5) is 6.78. The molecule has 0 saturated carbocycles. The number of nitrogens with zero attached hydrogens (tertiary/aromatic N) is 3. The minimum Gasteiger partial charge on any atom is -0.383 e. The van der Waals surface area contributed by atoms with E-state index >= 15 is 0 Å². The predicted molar refractivity (Wildman–Crippen MR) is 106 cm³/mol. The van der Waals surface area contributed by atoms with Crippen LogP contribution in [0.3, 0.4) is 0 Å². The van der Waals surface area contributed by atoms with Gasteiger partial charge < -0.3 is 9.67 Å². The maximum atomic E-state index is 11.4. The number of hydrogen-bond acceptors (Lipinski definition) is 3. The molecule has 27 heavy (non-hydrogen) atoms. The molecule has 4 nitrogen and oxygen atoms in total. The number of pyridine rings is 1. The molecule has 3 atom stereocenters. The average Bonchev–Trinajstić information content (AvgIpc) is 3.05. The molecular formula is C23H25N3O. The Morgan fingerprint density at radius 1 is 1.26 bits per heavy atom. The zero-order valence-corrected chi connectivity index (χ0v) is 15.9. The quantitative estimate of drug-likeness (QED) is 0.762. The Morgan fingerprint density at radius 3 is 3.00 bits per heavy atom. The molecule has 3 aromatic rings. The maximum Gasteiger partial charge on any atom is 0.112 e. The summed E-state index contributed by atoms with van der Waals surface area (Å²) < 4.78 is 2.44. The smallest absolute Gasteiger partial charge is 0.112 e. The molecular weight excluding hydrogens is 334 g/mol. The van der Waals surface area contributed by atoms with Crippen molar-refractivity contribution in [3.8, 4) is 0 Å². The van der Waals surface area contributed by atoms with Gasteiger partial charge in [-0.15, -0.1) is 0 Å². The van der Waals surface area contributed by atoms with E-state index in [4.69, 9.17) is 0 Å². The lowest BCUT2D eigenvalue weighted by Crippen LogP contribution is -2.43. The van der Waals surface area contributed by atoms with Crippen LogP contribution in [0.2, 0.25) is 0 Å². The van der Waals surface area contributed by atoms with Crippen molar-refractivity contribution in [1.82, 2.24) is 14.5 Å². The van der Waals surface area contributed by atoms with Gasteiger partial charge in [-0.1, -0.05) is 11.6 Å². The molecule has 3 aliphatic rings. The summed E-state index contributed by atoms with van der Waals surface area (Å²) in [6.45, 7) is 2.82. The van der Waals surface area contributed by atoms with Crippen LogP contribution < -0.4 is 0 Å². The number of rotatable bonds is 2. The molecule has 1 fully saturated rings. The van der Waals surface area contributed by atoms with Gasteiger partial charge >= 0.3 is 0 Å². The lowest BCUT2D eigenvalue weighted by atomic mass is 9.74. The third-order valence-electron chi connectivity index (χ3n) is 7.28. The molecule has 1 aromatic carbocycles. The van der Waals surface area contributed by atoms with Gasteiger partial charge in [0.25, 0.3) is 0 Å². The Labute approximate surface area is 159 Å². The minimum absolute atomic E-state index is 0.525. The Balaban J connectivity index is 1.54. The first-order valence-corrected chi connectivity index (χ1v) is 10.0. The van der Waals surface area contributed by atoms with E-state index in [2.05, 4.69) is 46.6 Å². The molecule has 4 heteroatoms. The van der Waals surface area contributed by atoms with Gasteiger partial charge in [-0.2, -0.15) is 0 Å². The molecule has 3 unspecified atom stereocenters. The fourth-order valence-corrected chi connectivity index (χ4v) is 5.88. The summed E-state index contributed by atoms with van der Waals surface area (Å²) in [6.07, 6.45) is 8.01. The summed E-state index contributed by atoms with van der Waals surface area (Å²) in [5.41, 5.74) is 7.02. The lowest BCUT2D eigenvalue weighted by Gasteiger charge is -2.40. The van der Waals surface area contributed by atoms with E-state index < -0.39 is 5.60 Å². The molecule has 138 valence electrons. The Bertz CT molecular complexity index is 1080. The predicted octanol–water partition coefficient (Wildman–Crippen LogP) is 3.48. The van der Waals surface area contributed by atoms with E-state index in [1.165, 1.54) is 46.1 Å². The van der Waals surface area contributed by atoms with Crippen LogP contribution >= 0.6 is 0 Å². The van der Waals surface area contributed by atoms with E-state index in [0.29, 0.717) is 25.0 Å². The molecule has 6 rings (SSSR count). The summed E-state index contributed by atoms with van der Waals surface area (Å²) in [7, 11) is 2.28. The maximum absolute atomic E-state index is 11.4. The molecule has 0 spiro atoms. The van der Waals surface area contributed by atoms with Crippen LogP contribution in [0, 0.1) is 6.92 Å². The highest BCUT2D eigenvalue weighted by Gasteiger charge is 2.45. The Hall–Kier alpha value is -2.17. The number of aryl methyl sites for hydroxylation is 1. The van der Waals surface area contributed by atoms with Crippen molar-refractivity contribution in [3.05, 3.63) is 64.6 Å². The SMILES string of the molecule is Cc1ccc2c(c1)c1c(n2CC2(O)Cc3cnccc32)CC2CCC1N2C. The molecule has 1 N–H and O–H groups in total. The Kier molecular flexibility index (Phi) is 3.06. The van der Waals surface area contributed by atoms with Gasteiger partial charge in [0.05, 0.1) is 6.54 Å². The molecule has 1 aliphatic carbocycles. The summed E-state index contributed by atoms with van der Waals surface area (Å²) in [5.74, 6) is 0. The zero-order valence-electron chi connectivity index (χ0n) is 15.9. The highest BCUT2D eigenvalue weighted by atomic mass is 16.3. The van der Waals surface area contributed by atoms with Crippen molar-refractivity contribution in [2.45, 2.75) is 56.8 Å². The van der Waals surface area contributed by atoms with Crippen molar-refractivity contribution < 1.29 is 5.11 Å². The monoisotopic (exact) mass is 359 g/mol. The van der Waals surface area contributed by atoms with Crippen molar-refractivity contribution in [2.24, 2.45) is 0 Å². The van der Waals surface area contributed by atoms with Crippen molar-refractivity contribution in [3.63, 3.8) is 0 Å². The van der Waals surface area contributed by atoms with Gasteiger partial charge in [0.1, 0.15) is 5.60 Å². The van der Waals surface area contributed by atoms with Crippen LogP contribution in [0.5, 0.6) is 0 Å². The fourth-order valence-electron chi connectivity index (χ4n) is 5.88. The first-order valence-electron chi connectivity index (χ1n) is 10.0. The Morgan fingerprint density at radius 2 is 2.15 bits per heavy atom. The van der Waals surface area contributed by atoms with Crippen LogP contribution in [0.25, 0.3) is 10.9 Å². The first-order chi connectivity index (χ1) is 13.0. The number of aromatic nitrogens is 2. The number of benzene rings is 1. The third kappa shape index (κ3) is 2.03. The minimum atomic E-state index is -0.773. The second-order valence-corrected chi connectivity index (χ2v) is 8.82. The second kappa shape index (κ2) is 5.21. The van der Waals surface area contributed by atoms with Crippen LogP contribution in [0.4, 0.5) is 0 Å². The van der Waals surface area contributed by atoms with Crippen LogP contribution in [-0.4, -0.2) is 32.6 Å². The lowest BCUT2D eigenvalue weighted by molar-refractivity contribution is -0.00494. The van der Waals surface area contributed by atoms with E-state index in [1.54, 1.807) is 6.20 Å². The summed E-state index contributed by atoms with van der Waals surface area (Å²) in [6, 6.07) is 9.95. The highest BCUT2D eigenvalue weighted by molar-refractivity contribution is 5.87.